The highest BCUT2D eigenvalue weighted by Gasteiger charge is 2.41. The average Bonchev–Trinajstić information content (AvgIpc) is 3.21. The van der Waals surface area contributed by atoms with E-state index in [1.165, 1.54) is 6.20 Å². The Bertz CT molecular complexity index is 1160. The maximum Gasteiger partial charge on any atom is 0.420 e. The summed E-state index contributed by atoms with van der Waals surface area (Å²) in [6, 6.07) is 3.70. The molecule has 0 unspecified atom stereocenters. The zero-order chi connectivity index (χ0) is 23.2. The largest absolute Gasteiger partial charge is 0.420 e. The number of aromatic nitrogens is 4. The Balaban J connectivity index is 1.62. The molecule has 2 aliphatic heterocycles. The lowest BCUT2D eigenvalue weighted by Gasteiger charge is -2.30. The molecule has 0 aliphatic carbocycles. The van der Waals surface area contributed by atoms with Gasteiger partial charge in [-0.3, -0.25) is 0 Å². The van der Waals surface area contributed by atoms with E-state index < -0.39 is 11.7 Å². The van der Waals surface area contributed by atoms with E-state index in [2.05, 4.69) is 30.2 Å². The predicted molar refractivity (Wildman–Crippen MR) is 119 cm³/mol. The Morgan fingerprint density at radius 3 is 2.67 bits per heavy atom. The quantitative estimate of drug-likeness (QED) is 0.550. The zero-order valence-corrected chi connectivity index (χ0v) is 18.2. The summed E-state index contributed by atoms with van der Waals surface area (Å²) in [6.45, 7) is 5.24. The fourth-order valence-electron chi connectivity index (χ4n) is 4.81. The van der Waals surface area contributed by atoms with Gasteiger partial charge in [-0.1, -0.05) is 0 Å². The first-order valence-corrected chi connectivity index (χ1v) is 11.1. The molecule has 11 heteroatoms. The SMILES string of the molecule is C[C@H]1C[C@H](c2nc(N)nc(-c3c[nH]c4nc(N5CCOCC5)ccc34)c2C(F)(F)F)CCN1. The van der Waals surface area contributed by atoms with E-state index in [1.54, 1.807) is 6.07 Å². The number of rotatable bonds is 3. The number of nitrogens with two attached hydrogens (primary N) is 1. The van der Waals surface area contributed by atoms with Crippen molar-refractivity contribution in [1.82, 2.24) is 25.3 Å². The van der Waals surface area contributed by atoms with Crippen molar-refractivity contribution >= 4 is 22.8 Å². The molecular formula is C22H26F3N7O. The summed E-state index contributed by atoms with van der Waals surface area (Å²) in [6.07, 6.45) is -2.00. The van der Waals surface area contributed by atoms with Crippen LogP contribution in [0.4, 0.5) is 24.9 Å². The number of hydrogen-bond donors (Lipinski definition) is 3. The highest BCUT2D eigenvalue weighted by Crippen LogP contribution is 2.44. The second kappa shape index (κ2) is 8.45. The molecule has 5 rings (SSSR count). The number of aromatic amines is 1. The summed E-state index contributed by atoms with van der Waals surface area (Å²) in [7, 11) is 0. The first-order chi connectivity index (χ1) is 15.8. The second-order valence-corrected chi connectivity index (χ2v) is 8.63. The maximum absolute atomic E-state index is 14.4. The van der Waals surface area contributed by atoms with Crippen molar-refractivity contribution < 1.29 is 17.9 Å². The predicted octanol–water partition coefficient (Wildman–Crippen LogP) is 3.31. The molecule has 8 nitrogen and oxygen atoms in total. The van der Waals surface area contributed by atoms with Crippen molar-refractivity contribution in [1.29, 1.82) is 0 Å². The van der Waals surface area contributed by atoms with Gasteiger partial charge in [0.05, 0.1) is 24.6 Å². The summed E-state index contributed by atoms with van der Waals surface area (Å²) >= 11 is 0. The normalized spacial score (nSPS) is 22.1. The first-order valence-electron chi connectivity index (χ1n) is 11.1. The molecule has 2 atom stereocenters. The van der Waals surface area contributed by atoms with Crippen LogP contribution >= 0.6 is 0 Å². The monoisotopic (exact) mass is 461 g/mol. The van der Waals surface area contributed by atoms with Crippen molar-refractivity contribution in [2.45, 2.75) is 37.9 Å². The minimum absolute atomic E-state index is 0.0226. The summed E-state index contributed by atoms with van der Waals surface area (Å²) in [4.78, 5) is 17.9. The van der Waals surface area contributed by atoms with Gasteiger partial charge in [-0.15, -0.1) is 0 Å². The number of piperidine rings is 1. The number of morpholine rings is 1. The molecule has 2 saturated heterocycles. The Hall–Kier alpha value is -2.92. The summed E-state index contributed by atoms with van der Waals surface area (Å²) in [5, 5.41) is 3.83. The van der Waals surface area contributed by atoms with E-state index in [-0.39, 0.29) is 29.3 Å². The lowest BCUT2D eigenvalue weighted by atomic mass is 9.86. The number of alkyl halides is 3. The van der Waals surface area contributed by atoms with Crippen LogP contribution < -0.4 is 16.0 Å². The highest BCUT2D eigenvalue weighted by molar-refractivity contribution is 5.94. The molecule has 0 bridgehead atoms. The van der Waals surface area contributed by atoms with E-state index >= 15 is 0 Å². The van der Waals surface area contributed by atoms with Crippen LogP contribution in [0.5, 0.6) is 0 Å². The van der Waals surface area contributed by atoms with Crippen molar-refractivity contribution in [2.75, 3.05) is 43.5 Å². The van der Waals surface area contributed by atoms with Crippen molar-refractivity contribution in [3.8, 4) is 11.3 Å². The molecule has 2 aliphatic rings. The number of fused-ring (bicyclic) bond motifs is 1. The fraction of sp³-hybridized carbons (Fsp3) is 0.500. The molecular weight excluding hydrogens is 435 g/mol. The van der Waals surface area contributed by atoms with Gasteiger partial charge < -0.3 is 25.7 Å². The molecule has 5 heterocycles. The second-order valence-electron chi connectivity index (χ2n) is 8.63. The number of nitrogen functional groups attached to an aromatic ring is 1. The third kappa shape index (κ3) is 4.22. The van der Waals surface area contributed by atoms with E-state index in [1.807, 2.05) is 13.0 Å². The average molecular weight is 461 g/mol. The smallest absolute Gasteiger partial charge is 0.378 e. The lowest BCUT2D eigenvalue weighted by Crippen LogP contribution is -2.36. The van der Waals surface area contributed by atoms with Gasteiger partial charge in [0.1, 0.15) is 17.0 Å². The summed E-state index contributed by atoms with van der Waals surface area (Å²) in [5.41, 5.74) is 5.71. The zero-order valence-electron chi connectivity index (χ0n) is 18.2. The standard InChI is InChI=1S/C22H26F3N7O/c1-12-10-13(4-5-27-12)18-17(22(23,24)25)19(31-21(26)30-18)15-11-28-20-14(15)2-3-16(29-20)32-6-8-33-9-7-32/h2-3,11-13,27H,4-10H2,1H3,(H,28,29)(H2,26,30,31)/t12-,13+/m0/s1. The topological polar surface area (TPSA) is 105 Å². The Labute approximate surface area is 188 Å². The molecule has 3 aromatic heterocycles. The summed E-state index contributed by atoms with van der Waals surface area (Å²) in [5.74, 6) is 0.242. The van der Waals surface area contributed by atoms with Crippen LogP contribution in [0.3, 0.4) is 0 Å². The van der Waals surface area contributed by atoms with Crippen LogP contribution in [0.1, 0.15) is 36.9 Å². The maximum atomic E-state index is 14.4. The number of anilines is 2. The van der Waals surface area contributed by atoms with E-state index in [9.17, 15) is 13.2 Å². The van der Waals surface area contributed by atoms with E-state index in [4.69, 9.17) is 10.5 Å². The van der Waals surface area contributed by atoms with Crippen LogP contribution in [0.2, 0.25) is 0 Å². The molecule has 2 fully saturated rings. The van der Waals surface area contributed by atoms with Crippen LogP contribution in [0.15, 0.2) is 18.3 Å². The first kappa shape index (κ1) is 21.9. The van der Waals surface area contributed by atoms with Crippen molar-refractivity contribution in [3.05, 3.63) is 29.6 Å². The molecule has 0 saturated carbocycles. The molecule has 0 spiro atoms. The number of nitrogens with zero attached hydrogens (tertiary/aromatic N) is 4. The van der Waals surface area contributed by atoms with Gasteiger partial charge in [-0.2, -0.15) is 13.2 Å². The van der Waals surface area contributed by atoms with Crippen molar-refractivity contribution in [3.63, 3.8) is 0 Å². The van der Waals surface area contributed by atoms with Crippen LogP contribution in [0.25, 0.3) is 22.3 Å². The third-order valence-electron chi connectivity index (χ3n) is 6.36. The minimum Gasteiger partial charge on any atom is -0.378 e. The number of nitrogens with one attached hydrogen (secondary N) is 2. The molecule has 4 N–H and O–H groups in total. The molecule has 33 heavy (non-hydrogen) atoms. The van der Waals surface area contributed by atoms with Crippen LogP contribution in [-0.4, -0.2) is 58.8 Å². The summed E-state index contributed by atoms with van der Waals surface area (Å²) < 4.78 is 48.6. The molecule has 3 aromatic rings. The highest BCUT2D eigenvalue weighted by atomic mass is 19.4. The van der Waals surface area contributed by atoms with Gasteiger partial charge in [0.2, 0.25) is 5.95 Å². The van der Waals surface area contributed by atoms with Gasteiger partial charge in [-0.25, -0.2) is 15.0 Å². The van der Waals surface area contributed by atoms with Crippen LogP contribution in [-0.2, 0) is 10.9 Å². The number of pyridine rings is 1. The van der Waals surface area contributed by atoms with E-state index in [0.29, 0.717) is 62.3 Å². The number of hydrogen-bond acceptors (Lipinski definition) is 7. The lowest BCUT2D eigenvalue weighted by molar-refractivity contribution is -0.138. The van der Waals surface area contributed by atoms with Gasteiger partial charge >= 0.3 is 6.18 Å². The van der Waals surface area contributed by atoms with Crippen molar-refractivity contribution in [2.24, 2.45) is 0 Å². The van der Waals surface area contributed by atoms with Gasteiger partial charge in [-0.05, 0) is 38.4 Å². The molecule has 0 radical (unpaired) electrons. The Morgan fingerprint density at radius 2 is 1.94 bits per heavy atom. The van der Waals surface area contributed by atoms with E-state index in [0.717, 1.165) is 5.82 Å². The van der Waals surface area contributed by atoms with Crippen LogP contribution in [0, 0.1) is 0 Å². The number of ether oxygens (including phenoxy) is 1. The Kier molecular flexibility index (Phi) is 5.61. The third-order valence-corrected chi connectivity index (χ3v) is 6.36. The van der Waals surface area contributed by atoms with Gasteiger partial charge in [0.15, 0.2) is 0 Å². The molecule has 0 aromatic carbocycles. The fourth-order valence-corrected chi connectivity index (χ4v) is 4.81. The number of halogens is 3. The molecule has 176 valence electrons. The Morgan fingerprint density at radius 1 is 1.15 bits per heavy atom. The van der Waals surface area contributed by atoms with Gasteiger partial charge in [0.25, 0.3) is 0 Å². The number of H-pyrrole nitrogens is 1. The minimum atomic E-state index is -4.63. The van der Waals surface area contributed by atoms with Gasteiger partial charge in [0, 0.05) is 42.2 Å². The molecule has 0 amide bonds.